The fraction of sp³-hybridized carbons (Fsp3) is 0.0667. The molecule has 4 rings (SSSR count). The van der Waals surface area contributed by atoms with Crippen molar-refractivity contribution in [2.75, 3.05) is 12.4 Å². The van der Waals surface area contributed by atoms with Crippen molar-refractivity contribution in [3.05, 3.63) is 128 Å². The molecule has 4 aromatic rings. The third-order valence-electron chi connectivity index (χ3n) is 5.80. The van der Waals surface area contributed by atoms with Crippen molar-refractivity contribution in [3.8, 4) is 11.5 Å². The van der Waals surface area contributed by atoms with Crippen molar-refractivity contribution in [3.63, 3.8) is 0 Å². The van der Waals surface area contributed by atoms with E-state index in [1.165, 1.54) is 37.4 Å². The molecule has 0 heterocycles. The zero-order chi connectivity index (χ0) is 30.1. The fourth-order valence-electron chi connectivity index (χ4n) is 3.75. The zero-order valence-corrected chi connectivity index (χ0v) is 22.8. The predicted octanol–water partition coefficient (Wildman–Crippen LogP) is 5.42. The van der Waals surface area contributed by atoms with E-state index in [0.717, 1.165) is 23.9 Å². The summed E-state index contributed by atoms with van der Waals surface area (Å²) in [6.07, 6.45) is 1.32. The minimum absolute atomic E-state index is 0.0410. The molecule has 0 saturated heterocycles. The normalized spacial score (nSPS) is 10.6. The topological polar surface area (TPSA) is 149 Å². The van der Waals surface area contributed by atoms with Crippen LogP contribution in [0, 0.1) is 10.1 Å². The molecule has 0 aromatic heterocycles. The molecule has 0 radical (unpaired) electrons. The van der Waals surface area contributed by atoms with Gasteiger partial charge < -0.3 is 14.8 Å². The van der Waals surface area contributed by atoms with Gasteiger partial charge in [-0.2, -0.15) is 5.10 Å². The van der Waals surface area contributed by atoms with Gasteiger partial charge in [-0.25, -0.2) is 10.2 Å². The largest absolute Gasteiger partial charge is 0.496 e. The van der Waals surface area contributed by atoms with Gasteiger partial charge in [0, 0.05) is 34.0 Å². The highest BCUT2D eigenvalue weighted by atomic mass is 35.5. The summed E-state index contributed by atoms with van der Waals surface area (Å²) in [5.74, 6) is -1.44. The molecule has 0 aliphatic heterocycles. The number of carbonyl (C=O) groups excluding carboxylic acids is 3. The second-order valence-corrected chi connectivity index (χ2v) is 9.14. The average molecular weight is 587 g/mol. The molecular formula is C30H23ClN4O7. The number of nitrogens with one attached hydrogen (secondary N) is 2. The SMILES string of the molecule is COc1ccc(Cl)cc1C(=O)Oc1ccc([N+](=O)[O-])cc1/C=N/NC(=O)c1ccc(NC(=O)Cc2ccccc2)cc1. The van der Waals surface area contributed by atoms with Gasteiger partial charge in [-0.3, -0.25) is 19.7 Å². The first kappa shape index (κ1) is 29.4. The van der Waals surface area contributed by atoms with Gasteiger partial charge in [0.2, 0.25) is 5.91 Å². The molecule has 2 N–H and O–H groups in total. The number of ether oxygens (including phenoxy) is 2. The van der Waals surface area contributed by atoms with E-state index in [2.05, 4.69) is 15.8 Å². The predicted molar refractivity (Wildman–Crippen MR) is 156 cm³/mol. The molecule has 0 aliphatic carbocycles. The van der Waals surface area contributed by atoms with Crippen LogP contribution in [0.3, 0.4) is 0 Å². The number of rotatable bonds is 10. The van der Waals surface area contributed by atoms with E-state index in [1.807, 2.05) is 30.3 Å². The standard InChI is InChI=1S/C30H23ClN4O7/c1-41-27-13-9-22(31)17-25(27)30(38)42-26-14-12-24(35(39)40)16-21(26)18-32-34-29(37)20-7-10-23(11-8-20)33-28(36)15-19-5-3-2-4-6-19/h2-14,16-18H,15H2,1H3,(H,33,36)(H,34,37)/b32-18+. The number of benzene rings is 4. The van der Waals surface area contributed by atoms with Crippen LogP contribution in [0.2, 0.25) is 5.02 Å². The maximum Gasteiger partial charge on any atom is 0.347 e. The lowest BCUT2D eigenvalue weighted by Gasteiger charge is -2.10. The van der Waals surface area contributed by atoms with E-state index in [1.54, 1.807) is 18.2 Å². The summed E-state index contributed by atoms with van der Waals surface area (Å²) in [7, 11) is 1.38. The Balaban J connectivity index is 1.43. The Morgan fingerprint density at radius 3 is 2.36 bits per heavy atom. The Hall–Kier alpha value is -5.55. The fourth-order valence-corrected chi connectivity index (χ4v) is 3.93. The van der Waals surface area contributed by atoms with Crippen molar-refractivity contribution in [2.24, 2.45) is 5.10 Å². The third kappa shape index (κ3) is 7.77. The number of anilines is 1. The zero-order valence-electron chi connectivity index (χ0n) is 22.1. The van der Waals surface area contributed by atoms with Crippen molar-refractivity contribution < 1.29 is 28.8 Å². The molecule has 0 fully saturated rings. The number of amides is 2. The first-order valence-corrected chi connectivity index (χ1v) is 12.7. The van der Waals surface area contributed by atoms with E-state index in [9.17, 15) is 24.5 Å². The molecule has 2 amide bonds. The van der Waals surface area contributed by atoms with Crippen LogP contribution in [-0.4, -0.2) is 36.0 Å². The minimum atomic E-state index is -0.821. The van der Waals surface area contributed by atoms with E-state index in [0.29, 0.717) is 5.69 Å². The smallest absolute Gasteiger partial charge is 0.347 e. The van der Waals surface area contributed by atoms with Gasteiger partial charge in [-0.1, -0.05) is 41.9 Å². The first-order chi connectivity index (χ1) is 20.2. The van der Waals surface area contributed by atoms with Crippen LogP contribution in [0.5, 0.6) is 11.5 Å². The number of esters is 1. The van der Waals surface area contributed by atoms with E-state index in [-0.39, 0.29) is 51.2 Å². The molecule has 0 bridgehead atoms. The number of halogens is 1. The molecular weight excluding hydrogens is 564 g/mol. The highest BCUT2D eigenvalue weighted by Crippen LogP contribution is 2.27. The summed E-state index contributed by atoms with van der Waals surface area (Å²) in [5.41, 5.74) is 3.75. The summed E-state index contributed by atoms with van der Waals surface area (Å²) in [5, 5.41) is 18.2. The molecule has 0 saturated carbocycles. The minimum Gasteiger partial charge on any atom is -0.496 e. The second kappa shape index (κ2) is 13.7. The highest BCUT2D eigenvalue weighted by molar-refractivity contribution is 6.31. The Labute approximate surface area is 244 Å². The number of hydrogen-bond donors (Lipinski definition) is 2. The van der Waals surface area contributed by atoms with Crippen molar-refractivity contribution >= 4 is 47.0 Å². The van der Waals surface area contributed by atoms with Gasteiger partial charge in [-0.15, -0.1) is 0 Å². The molecule has 12 heteroatoms. The Bertz CT molecular complexity index is 1660. The van der Waals surface area contributed by atoms with Crippen LogP contribution >= 0.6 is 11.6 Å². The molecule has 42 heavy (non-hydrogen) atoms. The van der Waals surface area contributed by atoms with E-state index >= 15 is 0 Å². The monoisotopic (exact) mass is 586 g/mol. The third-order valence-corrected chi connectivity index (χ3v) is 6.03. The van der Waals surface area contributed by atoms with Crippen LogP contribution < -0.4 is 20.2 Å². The highest BCUT2D eigenvalue weighted by Gasteiger charge is 2.19. The summed E-state index contributed by atoms with van der Waals surface area (Å²) in [4.78, 5) is 48.4. The van der Waals surface area contributed by atoms with Crippen LogP contribution in [0.1, 0.15) is 31.8 Å². The van der Waals surface area contributed by atoms with Gasteiger partial charge in [0.05, 0.1) is 24.7 Å². The molecule has 212 valence electrons. The number of hydrazone groups is 1. The summed E-state index contributed by atoms with van der Waals surface area (Å²) in [6.45, 7) is 0. The van der Waals surface area contributed by atoms with E-state index in [4.69, 9.17) is 21.1 Å². The number of nitro benzene ring substituents is 1. The molecule has 0 atom stereocenters. The number of non-ortho nitro benzene ring substituents is 1. The lowest BCUT2D eigenvalue weighted by molar-refractivity contribution is -0.384. The molecule has 0 unspecified atom stereocenters. The van der Waals surface area contributed by atoms with Crippen LogP contribution in [0.25, 0.3) is 0 Å². The quantitative estimate of drug-likeness (QED) is 0.0828. The lowest BCUT2D eigenvalue weighted by Crippen LogP contribution is -2.18. The van der Waals surface area contributed by atoms with Gasteiger partial charge >= 0.3 is 5.97 Å². The number of hydrogen-bond acceptors (Lipinski definition) is 8. The van der Waals surface area contributed by atoms with E-state index < -0.39 is 16.8 Å². The van der Waals surface area contributed by atoms with Crippen molar-refractivity contribution in [2.45, 2.75) is 6.42 Å². The summed E-state index contributed by atoms with van der Waals surface area (Å²) < 4.78 is 10.6. The van der Waals surface area contributed by atoms with Gasteiger partial charge in [0.25, 0.3) is 11.6 Å². The first-order valence-electron chi connectivity index (χ1n) is 12.3. The Kier molecular flexibility index (Phi) is 9.59. The van der Waals surface area contributed by atoms with Crippen LogP contribution in [-0.2, 0) is 11.2 Å². The number of carbonyl (C=O) groups is 3. The summed E-state index contributed by atoms with van der Waals surface area (Å²) in [6, 6.07) is 23.4. The average Bonchev–Trinajstić information content (AvgIpc) is 2.98. The van der Waals surface area contributed by atoms with Gasteiger partial charge in [0.1, 0.15) is 17.1 Å². The second-order valence-electron chi connectivity index (χ2n) is 8.70. The molecule has 0 spiro atoms. The molecule has 11 nitrogen and oxygen atoms in total. The maximum absolute atomic E-state index is 12.8. The van der Waals surface area contributed by atoms with Crippen molar-refractivity contribution in [1.29, 1.82) is 0 Å². The van der Waals surface area contributed by atoms with Crippen molar-refractivity contribution in [1.82, 2.24) is 5.43 Å². The maximum atomic E-state index is 12.8. The number of nitro groups is 1. The molecule has 0 aliphatic rings. The molecule has 4 aromatic carbocycles. The van der Waals surface area contributed by atoms with Gasteiger partial charge in [0.15, 0.2) is 0 Å². The Morgan fingerprint density at radius 2 is 1.67 bits per heavy atom. The van der Waals surface area contributed by atoms with Crippen LogP contribution in [0.4, 0.5) is 11.4 Å². The lowest BCUT2D eigenvalue weighted by atomic mass is 10.1. The van der Waals surface area contributed by atoms with Crippen LogP contribution in [0.15, 0.2) is 96.1 Å². The number of methoxy groups -OCH3 is 1. The summed E-state index contributed by atoms with van der Waals surface area (Å²) >= 11 is 6.00. The Morgan fingerprint density at radius 1 is 0.952 bits per heavy atom. The number of nitrogens with zero attached hydrogens (tertiary/aromatic N) is 2. The van der Waals surface area contributed by atoms with Gasteiger partial charge in [-0.05, 0) is 54.1 Å².